The highest BCUT2D eigenvalue weighted by Gasteiger charge is 2.24. The van der Waals surface area contributed by atoms with Crippen LogP contribution in [-0.4, -0.2) is 30.1 Å². The van der Waals surface area contributed by atoms with Crippen molar-refractivity contribution in [1.82, 2.24) is 5.32 Å². The van der Waals surface area contributed by atoms with Crippen LogP contribution in [-0.2, 0) is 16.0 Å². The number of carbonyl (C=O) groups is 2. The summed E-state index contributed by atoms with van der Waals surface area (Å²) in [6.07, 6.45) is 1.62. The molecule has 1 fully saturated rings. The Balaban J connectivity index is 1.89. The molecule has 1 aliphatic heterocycles. The Kier molecular flexibility index (Phi) is 4.52. The van der Waals surface area contributed by atoms with Crippen LogP contribution in [0.15, 0.2) is 24.3 Å². The monoisotopic (exact) mass is 262 g/mol. The van der Waals surface area contributed by atoms with Crippen LogP contribution in [0, 0.1) is 5.92 Å². The van der Waals surface area contributed by atoms with Gasteiger partial charge in [-0.1, -0.05) is 12.1 Å². The number of piperidine rings is 1. The molecule has 1 aromatic rings. The lowest BCUT2D eigenvalue weighted by molar-refractivity contribution is -0.126. The minimum atomic E-state index is -0.158. The third-order valence-electron chi connectivity index (χ3n) is 3.26. The summed E-state index contributed by atoms with van der Waals surface area (Å²) in [6, 6.07) is 7.41. The first-order valence-electron chi connectivity index (χ1n) is 6.46. The molecule has 2 rings (SSSR count). The minimum Gasteiger partial charge on any atom is -0.396 e. The highest BCUT2D eigenvalue weighted by atomic mass is 16.3. The summed E-state index contributed by atoms with van der Waals surface area (Å²) in [6.45, 7) is 0.529. The maximum Gasteiger partial charge on any atom is 0.229 e. The van der Waals surface area contributed by atoms with Gasteiger partial charge >= 0.3 is 0 Å². The van der Waals surface area contributed by atoms with E-state index in [1.165, 1.54) is 0 Å². The van der Waals surface area contributed by atoms with Crippen molar-refractivity contribution in [2.75, 3.05) is 18.5 Å². The number of rotatable bonds is 4. The Morgan fingerprint density at radius 2 is 2.11 bits per heavy atom. The maximum absolute atomic E-state index is 12.0. The van der Waals surface area contributed by atoms with E-state index < -0.39 is 0 Å². The fourth-order valence-electron chi connectivity index (χ4n) is 2.08. The van der Waals surface area contributed by atoms with Gasteiger partial charge in [-0.3, -0.25) is 9.59 Å². The molecule has 0 radical (unpaired) electrons. The van der Waals surface area contributed by atoms with Crippen LogP contribution in [0.5, 0.6) is 0 Å². The van der Waals surface area contributed by atoms with Crippen LogP contribution in [0.25, 0.3) is 0 Å². The normalized spacial score (nSPS) is 18.8. The molecule has 5 heteroatoms. The Hall–Kier alpha value is -1.88. The molecular formula is C14H18N2O3. The van der Waals surface area contributed by atoms with Crippen LogP contribution in [0.2, 0.25) is 0 Å². The Bertz CT molecular complexity index is 446. The van der Waals surface area contributed by atoms with Gasteiger partial charge in [0.2, 0.25) is 11.8 Å². The van der Waals surface area contributed by atoms with Crippen LogP contribution in [0.4, 0.5) is 5.69 Å². The first kappa shape index (κ1) is 13.5. The van der Waals surface area contributed by atoms with E-state index in [4.69, 9.17) is 5.11 Å². The number of aliphatic hydroxyl groups excluding tert-OH is 1. The summed E-state index contributed by atoms with van der Waals surface area (Å²) in [5, 5.41) is 14.4. The number of anilines is 1. The molecule has 0 bridgehead atoms. The van der Waals surface area contributed by atoms with Gasteiger partial charge in [-0.05, 0) is 30.5 Å². The van der Waals surface area contributed by atoms with Crippen molar-refractivity contribution in [2.45, 2.75) is 19.3 Å². The smallest absolute Gasteiger partial charge is 0.229 e. The van der Waals surface area contributed by atoms with Crippen molar-refractivity contribution in [3.05, 3.63) is 29.8 Å². The summed E-state index contributed by atoms with van der Waals surface area (Å²) < 4.78 is 0. The molecule has 1 unspecified atom stereocenters. The molecule has 5 nitrogen and oxygen atoms in total. The first-order chi connectivity index (χ1) is 9.19. The fourth-order valence-corrected chi connectivity index (χ4v) is 2.08. The second-order valence-corrected chi connectivity index (χ2v) is 4.70. The van der Waals surface area contributed by atoms with Crippen molar-refractivity contribution in [1.29, 1.82) is 0 Å². The van der Waals surface area contributed by atoms with E-state index in [2.05, 4.69) is 10.6 Å². The highest BCUT2D eigenvalue weighted by molar-refractivity contribution is 5.94. The van der Waals surface area contributed by atoms with Crippen molar-refractivity contribution in [3.8, 4) is 0 Å². The lowest BCUT2D eigenvalue weighted by Crippen LogP contribution is -2.40. The number of hydrogen-bond acceptors (Lipinski definition) is 3. The quantitative estimate of drug-likeness (QED) is 0.747. The van der Waals surface area contributed by atoms with Gasteiger partial charge in [0.25, 0.3) is 0 Å². The SMILES string of the molecule is O=C1CCC(C(=O)Nc2ccc(CCO)cc2)CN1. The zero-order valence-electron chi connectivity index (χ0n) is 10.7. The van der Waals surface area contributed by atoms with Gasteiger partial charge in [-0.2, -0.15) is 0 Å². The first-order valence-corrected chi connectivity index (χ1v) is 6.46. The predicted octanol–water partition coefficient (Wildman–Crippen LogP) is 0.686. The van der Waals surface area contributed by atoms with Crippen LogP contribution in [0.1, 0.15) is 18.4 Å². The Morgan fingerprint density at radius 1 is 1.37 bits per heavy atom. The average Bonchev–Trinajstić information content (AvgIpc) is 2.42. The van der Waals surface area contributed by atoms with E-state index in [1.807, 2.05) is 24.3 Å². The van der Waals surface area contributed by atoms with Gasteiger partial charge in [0.15, 0.2) is 0 Å². The molecule has 1 aliphatic rings. The molecular weight excluding hydrogens is 244 g/mol. The van der Waals surface area contributed by atoms with Gasteiger partial charge in [0, 0.05) is 25.3 Å². The van der Waals surface area contributed by atoms with Crippen LogP contribution >= 0.6 is 0 Å². The largest absolute Gasteiger partial charge is 0.396 e. The Morgan fingerprint density at radius 3 is 2.68 bits per heavy atom. The summed E-state index contributed by atoms with van der Waals surface area (Å²) in [4.78, 5) is 23.0. The van der Waals surface area contributed by atoms with E-state index in [1.54, 1.807) is 0 Å². The number of hydrogen-bond donors (Lipinski definition) is 3. The molecule has 1 atom stereocenters. The minimum absolute atomic E-state index is 0.0115. The van der Waals surface area contributed by atoms with E-state index in [9.17, 15) is 9.59 Å². The molecule has 19 heavy (non-hydrogen) atoms. The lowest BCUT2D eigenvalue weighted by Gasteiger charge is -2.21. The topological polar surface area (TPSA) is 78.4 Å². The summed E-state index contributed by atoms with van der Waals surface area (Å²) in [7, 11) is 0. The van der Waals surface area contributed by atoms with Crippen LogP contribution in [0.3, 0.4) is 0 Å². The predicted molar refractivity (Wildman–Crippen MR) is 71.6 cm³/mol. The number of amides is 2. The van der Waals surface area contributed by atoms with E-state index in [0.717, 1.165) is 11.3 Å². The molecule has 0 spiro atoms. The van der Waals surface area contributed by atoms with Crippen molar-refractivity contribution < 1.29 is 14.7 Å². The van der Waals surface area contributed by atoms with Gasteiger partial charge in [-0.15, -0.1) is 0 Å². The average molecular weight is 262 g/mol. The molecule has 1 heterocycles. The highest BCUT2D eigenvalue weighted by Crippen LogP contribution is 2.15. The zero-order chi connectivity index (χ0) is 13.7. The molecule has 102 valence electrons. The van der Waals surface area contributed by atoms with Gasteiger partial charge in [0.1, 0.15) is 0 Å². The molecule has 1 aromatic carbocycles. The lowest BCUT2D eigenvalue weighted by atomic mass is 9.98. The molecule has 1 saturated heterocycles. The zero-order valence-corrected chi connectivity index (χ0v) is 10.7. The summed E-state index contributed by atoms with van der Waals surface area (Å²) in [5.74, 6) is -0.206. The molecule has 0 saturated carbocycles. The number of nitrogens with one attached hydrogen (secondary N) is 2. The van der Waals surface area contributed by atoms with E-state index in [0.29, 0.717) is 25.8 Å². The molecule has 0 aromatic heterocycles. The molecule has 3 N–H and O–H groups in total. The Labute approximate surface area is 112 Å². The van der Waals surface area contributed by atoms with Gasteiger partial charge in [-0.25, -0.2) is 0 Å². The van der Waals surface area contributed by atoms with Crippen molar-refractivity contribution in [2.24, 2.45) is 5.92 Å². The third kappa shape index (κ3) is 3.79. The molecule has 2 amide bonds. The second-order valence-electron chi connectivity index (χ2n) is 4.70. The van der Waals surface area contributed by atoms with Crippen molar-refractivity contribution in [3.63, 3.8) is 0 Å². The standard InChI is InChI=1S/C14H18N2O3/c17-8-7-10-1-4-12(5-2-10)16-14(19)11-3-6-13(18)15-9-11/h1-2,4-5,11,17H,3,6-9H2,(H,15,18)(H,16,19). The van der Waals surface area contributed by atoms with Gasteiger partial charge in [0.05, 0.1) is 5.92 Å². The number of benzene rings is 1. The summed E-state index contributed by atoms with van der Waals surface area (Å²) in [5.41, 5.74) is 1.77. The third-order valence-corrected chi connectivity index (χ3v) is 3.26. The van der Waals surface area contributed by atoms with Gasteiger partial charge < -0.3 is 15.7 Å². The molecule has 0 aliphatic carbocycles. The second kappa shape index (κ2) is 6.33. The van der Waals surface area contributed by atoms with E-state index >= 15 is 0 Å². The fraction of sp³-hybridized carbons (Fsp3) is 0.429. The van der Waals surface area contributed by atoms with Crippen LogP contribution < -0.4 is 10.6 Å². The number of carbonyl (C=O) groups excluding carboxylic acids is 2. The number of aliphatic hydroxyl groups is 1. The maximum atomic E-state index is 12.0. The van der Waals surface area contributed by atoms with Crippen molar-refractivity contribution >= 4 is 17.5 Å². The summed E-state index contributed by atoms with van der Waals surface area (Å²) >= 11 is 0. The van der Waals surface area contributed by atoms with E-state index in [-0.39, 0.29) is 24.3 Å².